The zero-order valence-corrected chi connectivity index (χ0v) is 28.3. The van der Waals surface area contributed by atoms with Crippen molar-refractivity contribution in [2.24, 2.45) is 23.7 Å². The van der Waals surface area contributed by atoms with E-state index < -0.39 is 48.1 Å². The maximum absolute atomic E-state index is 13.3. The van der Waals surface area contributed by atoms with Gasteiger partial charge in [-0.25, -0.2) is 9.78 Å². The minimum absolute atomic E-state index is 0.0149. The third-order valence-corrected chi connectivity index (χ3v) is 7.59. The number of aliphatic hydroxyl groups is 1. The molecule has 0 fully saturated rings. The molecular formula is C30H52N6O7S. The molecule has 0 aromatic carbocycles. The van der Waals surface area contributed by atoms with Crippen LogP contribution in [0.2, 0.25) is 0 Å². The van der Waals surface area contributed by atoms with Crippen LogP contribution in [0.25, 0.3) is 0 Å². The Hall–Kier alpha value is -3.26. The van der Waals surface area contributed by atoms with E-state index in [0.717, 1.165) is 5.69 Å². The molecule has 0 saturated carbocycles. The first-order valence-electron chi connectivity index (χ1n) is 15.1. The van der Waals surface area contributed by atoms with Crippen LogP contribution < -0.4 is 26.6 Å². The van der Waals surface area contributed by atoms with Crippen LogP contribution in [0.3, 0.4) is 0 Å². The first-order valence-corrected chi connectivity index (χ1v) is 16.0. The molecule has 1 rings (SSSR count). The predicted octanol–water partition coefficient (Wildman–Crippen LogP) is 2.01. The van der Waals surface area contributed by atoms with E-state index in [1.807, 2.05) is 53.8 Å². The molecule has 0 aliphatic rings. The second kappa shape index (κ2) is 19.2. The summed E-state index contributed by atoms with van der Waals surface area (Å²) in [6.45, 7) is 16.5. The summed E-state index contributed by atoms with van der Waals surface area (Å²) in [6.07, 6.45) is -1.59. The average Bonchev–Trinajstić information content (AvgIpc) is 3.34. The van der Waals surface area contributed by atoms with Crippen molar-refractivity contribution in [3.63, 3.8) is 0 Å². The maximum Gasteiger partial charge on any atom is 0.408 e. The zero-order chi connectivity index (χ0) is 33.6. The third kappa shape index (κ3) is 15.0. The molecule has 0 saturated heterocycles. The Labute approximate surface area is 265 Å². The Balaban J connectivity index is 2.91. The second-order valence-corrected chi connectivity index (χ2v) is 13.4. The molecule has 0 unspecified atom stereocenters. The van der Waals surface area contributed by atoms with Gasteiger partial charge < -0.3 is 36.4 Å². The Morgan fingerprint density at radius 3 is 2.05 bits per heavy atom. The summed E-state index contributed by atoms with van der Waals surface area (Å²) >= 11 is 1.34. The standard InChI is InChI=1S/C30H52N6O7S/c1-16(2)10-22(24(38)11-19(7)27(39)36-26(18(5)6)29(41)32-12-17(3)4)34-28(40)23(13-31-21(9)37)35-30(42)43-14-25-33-20(8)15-44-25/h15-19,22-24,26,38H,10-14H2,1-9H3,(H,31,37)(H,32,41)(H,34,40)(H,35,42)(H,36,39)/t19-,22+,23+,24+,26+/m1/s1. The lowest BCUT2D eigenvalue weighted by atomic mass is 9.91. The van der Waals surface area contributed by atoms with E-state index in [9.17, 15) is 29.1 Å². The highest BCUT2D eigenvalue weighted by atomic mass is 32.1. The van der Waals surface area contributed by atoms with Crippen LogP contribution in [0.15, 0.2) is 5.38 Å². The molecule has 13 nitrogen and oxygen atoms in total. The van der Waals surface area contributed by atoms with Gasteiger partial charge in [-0.1, -0.05) is 48.5 Å². The summed E-state index contributed by atoms with van der Waals surface area (Å²) < 4.78 is 5.20. The molecule has 1 aromatic heterocycles. The van der Waals surface area contributed by atoms with Gasteiger partial charge in [0.25, 0.3) is 0 Å². The normalized spacial score (nSPS) is 14.8. The highest BCUT2D eigenvalue weighted by molar-refractivity contribution is 7.09. The molecule has 1 heterocycles. The van der Waals surface area contributed by atoms with Crippen molar-refractivity contribution in [1.29, 1.82) is 0 Å². The molecule has 14 heteroatoms. The number of aromatic nitrogens is 1. The monoisotopic (exact) mass is 640 g/mol. The van der Waals surface area contributed by atoms with E-state index in [-0.39, 0.29) is 49.1 Å². The summed E-state index contributed by atoms with van der Waals surface area (Å²) in [6, 6.07) is -2.68. The smallest absolute Gasteiger partial charge is 0.408 e. The van der Waals surface area contributed by atoms with Gasteiger partial charge in [-0.15, -0.1) is 11.3 Å². The van der Waals surface area contributed by atoms with E-state index >= 15 is 0 Å². The van der Waals surface area contributed by atoms with Crippen molar-refractivity contribution in [2.45, 2.75) is 106 Å². The minimum Gasteiger partial charge on any atom is -0.442 e. The van der Waals surface area contributed by atoms with E-state index in [0.29, 0.717) is 18.0 Å². The molecule has 44 heavy (non-hydrogen) atoms. The fraction of sp³-hybridized carbons (Fsp3) is 0.733. The van der Waals surface area contributed by atoms with Gasteiger partial charge in [0.15, 0.2) is 0 Å². The Kier molecular flexibility index (Phi) is 16.9. The van der Waals surface area contributed by atoms with E-state index in [1.54, 1.807) is 6.92 Å². The number of alkyl carbamates (subject to hydrolysis) is 1. The second-order valence-electron chi connectivity index (χ2n) is 12.4. The van der Waals surface area contributed by atoms with Gasteiger partial charge in [0.1, 0.15) is 23.7 Å². The summed E-state index contributed by atoms with van der Waals surface area (Å²) in [7, 11) is 0. The maximum atomic E-state index is 13.3. The summed E-state index contributed by atoms with van der Waals surface area (Å²) in [5.74, 6) is -2.18. The first kappa shape index (κ1) is 38.8. The number of carbonyl (C=O) groups excluding carboxylic acids is 5. The molecule has 5 atom stereocenters. The largest absolute Gasteiger partial charge is 0.442 e. The molecule has 0 aliphatic heterocycles. The van der Waals surface area contributed by atoms with Gasteiger partial charge in [-0.05, 0) is 37.5 Å². The number of rotatable bonds is 18. The number of hydrogen-bond donors (Lipinski definition) is 6. The van der Waals surface area contributed by atoms with Crippen LogP contribution in [0.5, 0.6) is 0 Å². The van der Waals surface area contributed by atoms with Crippen molar-refractivity contribution in [1.82, 2.24) is 31.6 Å². The fourth-order valence-electron chi connectivity index (χ4n) is 4.22. The Bertz CT molecular complexity index is 1090. The van der Waals surface area contributed by atoms with Gasteiger partial charge in [-0.3, -0.25) is 19.2 Å². The SMILES string of the molecule is CC(=O)NC[C@H](NC(=O)OCc1nc(C)cs1)C(=O)N[C@@H](CC(C)C)[C@@H](O)C[C@@H](C)C(=O)N[C@H](C(=O)NCC(C)C)C(C)C. The van der Waals surface area contributed by atoms with E-state index in [4.69, 9.17) is 4.74 Å². The van der Waals surface area contributed by atoms with Gasteiger partial charge in [-0.2, -0.15) is 0 Å². The van der Waals surface area contributed by atoms with Crippen LogP contribution >= 0.6 is 11.3 Å². The highest BCUT2D eigenvalue weighted by Gasteiger charge is 2.32. The first-order chi connectivity index (χ1) is 20.5. The fourth-order valence-corrected chi connectivity index (χ4v) is 4.90. The molecular weight excluding hydrogens is 588 g/mol. The van der Waals surface area contributed by atoms with Crippen molar-refractivity contribution in [2.75, 3.05) is 13.1 Å². The van der Waals surface area contributed by atoms with Crippen LogP contribution in [-0.2, 0) is 30.5 Å². The summed E-state index contributed by atoms with van der Waals surface area (Å²) in [4.78, 5) is 67.3. The Morgan fingerprint density at radius 1 is 0.864 bits per heavy atom. The highest BCUT2D eigenvalue weighted by Crippen LogP contribution is 2.17. The number of nitrogens with zero attached hydrogens (tertiary/aromatic N) is 1. The number of hydrogen-bond acceptors (Lipinski definition) is 9. The van der Waals surface area contributed by atoms with Crippen molar-refractivity contribution in [3.05, 3.63) is 16.1 Å². The van der Waals surface area contributed by atoms with Crippen LogP contribution in [0.4, 0.5) is 4.79 Å². The number of aryl methyl sites for hydroxylation is 1. The van der Waals surface area contributed by atoms with Crippen molar-refractivity contribution < 1.29 is 33.8 Å². The van der Waals surface area contributed by atoms with E-state index in [2.05, 4.69) is 31.6 Å². The van der Waals surface area contributed by atoms with Crippen LogP contribution in [-0.4, -0.2) is 77.1 Å². The topological polar surface area (TPSA) is 188 Å². The Morgan fingerprint density at radius 2 is 1.52 bits per heavy atom. The minimum atomic E-state index is -1.19. The molecule has 0 aliphatic carbocycles. The predicted molar refractivity (Wildman–Crippen MR) is 168 cm³/mol. The van der Waals surface area contributed by atoms with Crippen LogP contribution in [0, 0.1) is 30.6 Å². The van der Waals surface area contributed by atoms with Gasteiger partial charge in [0, 0.05) is 37.0 Å². The van der Waals surface area contributed by atoms with Gasteiger partial charge >= 0.3 is 6.09 Å². The lowest BCUT2D eigenvalue weighted by Gasteiger charge is -2.30. The number of nitrogens with one attached hydrogen (secondary N) is 5. The molecule has 6 N–H and O–H groups in total. The molecule has 0 bridgehead atoms. The van der Waals surface area contributed by atoms with Crippen molar-refractivity contribution >= 4 is 41.1 Å². The average molecular weight is 641 g/mol. The quantitative estimate of drug-likeness (QED) is 0.141. The van der Waals surface area contributed by atoms with E-state index in [1.165, 1.54) is 18.3 Å². The summed E-state index contributed by atoms with van der Waals surface area (Å²) in [5.41, 5.74) is 0.797. The molecule has 1 aromatic rings. The number of aliphatic hydroxyl groups excluding tert-OH is 1. The van der Waals surface area contributed by atoms with Gasteiger partial charge in [0.2, 0.25) is 23.6 Å². The van der Waals surface area contributed by atoms with Crippen molar-refractivity contribution in [3.8, 4) is 0 Å². The molecule has 250 valence electrons. The lowest BCUT2D eigenvalue weighted by Crippen LogP contribution is -2.56. The summed E-state index contributed by atoms with van der Waals surface area (Å²) in [5, 5.41) is 27.0. The number of thiazole rings is 1. The molecule has 0 spiro atoms. The van der Waals surface area contributed by atoms with Crippen LogP contribution in [0.1, 0.15) is 78.9 Å². The number of carbonyl (C=O) groups is 5. The molecule has 0 radical (unpaired) electrons. The molecule has 5 amide bonds. The lowest BCUT2D eigenvalue weighted by molar-refractivity contribution is -0.132. The number of amides is 5. The number of ether oxygens (including phenoxy) is 1. The van der Waals surface area contributed by atoms with Gasteiger partial charge in [0.05, 0.1) is 12.1 Å². The zero-order valence-electron chi connectivity index (χ0n) is 27.5. The third-order valence-electron chi connectivity index (χ3n) is 6.65.